The molecule has 1 atom stereocenters. The fourth-order valence-corrected chi connectivity index (χ4v) is 3.29. The third-order valence-corrected chi connectivity index (χ3v) is 4.94. The second-order valence-corrected chi connectivity index (χ2v) is 6.96. The second kappa shape index (κ2) is 7.07. The number of amides is 1. The number of aliphatic carboxylic acids is 1. The van der Waals surface area contributed by atoms with Crippen LogP contribution in [0.5, 0.6) is 0 Å². The van der Waals surface area contributed by atoms with Gasteiger partial charge in [0.15, 0.2) is 6.04 Å². The number of piperidine rings is 1. The number of nitrogens with two attached hydrogens (primary N) is 1. The highest BCUT2D eigenvalue weighted by Gasteiger charge is 2.31. The number of carbonyl (C=O) groups excluding carboxylic acids is 1. The van der Waals surface area contributed by atoms with Gasteiger partial charge in [0.1, 0.15) is 0 Å². The number of carboxylic acids is 1. The first-order valence-electron chi connectivity index (χ1n) is 7.15. The maximum absolute atomic E-state index is 12.3. The van der Waals surface area contributed by atoms with Crippen LogP contribution < -0.4 is 10.5 Å². The van der Waals surface area contributed by atoms with Crippen molar-refractivity contribution in [2.45, 2.75) is 18.9 Å². The quantitative estimate of drug-likeness (QED) is 0.685. The minimum Gasteiger partial charge on any atom is -0.479 e. The Labute approximate surface area is 134 Å². The van der Waals surface area contributed by atoms with Crippen LogP contribution >= 0.6 is 0 Å². The predicted molar refractivity (Wildman–Crippen MR) is 82.4 cm³/mol. The first kappa shape index (κ1) is 17.4. The normalized spacial score (nSPS) is 18.3. The first-order valence-corrected chi connectivity index (χ1v) is 8.65. The lowest BCUT2D eigenvalue weighted by molar-refractivity contribution is -0.142. The Morgan fingerprint density at radius 1 is 1.22 bits per heavy atom. The summed E-state index contributed by atoms with van der Waals surface area (Å²) in [5, 5.41) is 16.9. The van der Waals surface area contributed by atoms with Crippen molar-refractivity contribution in [1.29, 1.82) is 0 Å². The van der Waals surface area contributed by atoms with E-state index >= 15 is 0 Å². The average molecular weight is 341 g/mol. The Bertz CT molecular complexity index is 669. The van der Waals surface area contributed by atoms with E-state index < -0.39 is 34.0 Å². The number of hydrogen-bond acceptors (Lipinski definition) is 4. The van der Waals surface area contributed by atoms with Gasteiger partial charge in [-0.2, -0.15) is 12.7 Å². The number of carbonyl (C=O) groups is 2. The third kappa shape index (κ3) is 4.50. The Hall–Kier alpha value is -1.97. The molecule has 0 bridgehead atoms. The molecule has 1 heterocycles. The van der Waals surface area contributed by atoms with E-state index in [0.717, 1.165) is 4.31 Å². The van der Waals surface area contributed by atoms with Gasteiger partial charge >= 0.3 is 5.97 Å². The average Bonchev–Trinajstić information content (AvgIpc) is 2.52. The summed E-state index contributed by atoms with van der Waals surface area (Å²) < 4.78 is 23.6. The van der Waals surface area contributed by atoms with E-state index in [1.165, 1.54) is 0 Å². The maximum atomic E-state index is 12.3. The van der Waals surface area contributed by atoms with Gasteiger partial charge in [0, 0.05) is 19.0 Å². The Morgan fingerprint density at radius 3 is 2.26 bits per heavy atom. The smallest absolute Gasteiger partial charge is 0.330 e. The Morgan fingerprint density at radius 2 is 1.78 bits per heavy atom. The van der Waals surface area contributed by atoms with E-state index in [1.54, 1.807) is 30.3 Å². The molecule has 1 aromatic rings. The molecule has 0 aromatic heterocycles. The minimum atomic E-state index is -3.75. The zero-order chi connectivity index (χ0) is 17.0. The second-order valence-electron chi connectivity index (χ2n) is 5.41. The van der Waals surface area contributed by atoms with Crippen molar-refractivity contribution in [3.8, 4) is 0 Å². The monoisotopic (exact) mass is 341 g/mol. The molecule has 1 aliphatic heterocycles. The van der Waals surface area contributed by atoms with Gasteiger partial charge in [0.25, 0.3) is 10.2 Å². The van der Waals surface area contributed by atoms with Gasteiger partial charge in [-0.3, -0.25) is 4.79 Å². The zero-order valence-corrected chi connectivity index (χ0v) is 13.2. The molecular weight excluding hydrogens is 322 g/mol. The minimum absolute atomic E-state index is 0.153. The summed E-state index contributed by atoms with van der Waals surface area (Å²) >= 11 is 0. The van der Waals surface area contributed by atoms with E-state index in [2.05, 4.69) is 5.32 Å². The molecule has 0 aliphatic carbocycles. The van der Waals surface area contributed by atoms with Crippen LogP contribution in [0.3, 0.4) is 0 Å². The highest BCUT2D eigenvalue weighted by atomic mass is 32.2. The van der Waals surface area contributed by atoms with Crippen molar-refractivity contribution in [1.82, 2.24) is 9.62 Å². The summed E-state index contributed by atoms with van der Waals surface area (Å²) in [6.07, 6.45) is 0.618. The van der Waals surface area contributed by atoms with Gasteiger partial charge < -0.3 is 10.4 Å². The van der Waals surface area contributed by atoms with Crippen LogP contribution in [0.25, 0.3) is 0 Å². The van der Waals surface area contributed by atoms with Crippen LogP contribution in [0, 0.1) is 5.92 Å². The molecule has 0 radical (unpaired) electrons. The van der Waals surface area contributed by atoms with Crippen LogP contribution in [0.15, 0.2) is 30.3 Å². The molecule has 1 aromatic carbocycles. The number of nitrogens with zero attached hydrogens (tertiary/aromatic N) is 1. The van der Waals surface area contributed by atoms with Crippen LogP contribution in [0.4, 0.5) is 0 Å². The summed E-state index contributed by atoms with van der Waals surface area (Å²) in [7, 11) is -3.75. The van der Waals surface area contributed by atoms with Crippen LogP contribution in [0.1, 0.15) is 24.4 Å². The molecule has 2 rings (SSSR count). The van der Waals surface area contributed by atoms with Gasteiger partial charge in [-0.05, 0) is 18.4 Å². The summed E-state index contributed by atoms with van der Waals surface area (Å²) in [4.78, 5) is 23.7. The standard InChI is InChI=1S/C14H19N3O5S/c15-23(21,22)17-8-6-11(7-9-17)13(18)16-12(14(19)20)10-4-2-1-3-5-10/h1-5,11-12H,6-9H2,(H,16,18)(H,19,20)(H2,15,21,22)/t12-/m0/s1. The highest BCUT2D eigenvalue weighted by Crippen LogP contribution is 2.21. The SMILES string of the molecule is NS(=O)(=O)N1CCC(C(=O)N[C@H](C(=O)O)c2ccccc2)CC1. The number of nitrogens with one attached hydrogen (secondary N) is 1. The van der Waals surface area contributed by atoms with E-state index in [1.807, 2.05) is 0 Å². The van der Waals surface area contributed by atoms with Crippen LogP contribution in [-0.2, 0) is 19.8 Å². The molecule has 0 spiro atoms. The highest BCUT2D eigenvalue weighted by molar-refractivity contribution is 7.86. The van der Waals surface area contributed by atoms with Gasteiger partial charge in [0.05, 0.1) is 0 Å². The summed E-state index contributed by atoms with van der Waals surface area (Å²) in [6, 6.07) is 7.28. The lowest BCUT2D eigenvalue weighted by atomic mass is 9.96. The van der Waals surface area contributed by atoms with Gasteiger partial charge in [-0.25, -0.2) is 9.93 Å². The molecule has 0 unspecified atom stereocenters. The predicted octanol–water partition coefficient (Wildman–Crippen LogP) is -0.156. The molecule has 1 amide bonds. The summed E-state index contributed by atoms with van der Waals surface area (Å²) in [5.41, 5.74) is 0.482. The largest absolute Gasteiger partial charge is 0.479 e. The fraction of sp³-hybridized carbons (Fsp3) is 0.429. The molecule has 4 N–H and O–H groups in total. The maximum Gasteiger partial charge on any atom is 0.330 e. The number of carboxylic acid groups (broad SMARTS) is 1. The van der Waals surface area contributed by atoms with Crippen molar-refractivity contribution in [3.63, 3.8) is 0 Å². The van der Waals surface area contributed by atoms with Crippen molar-refractivity contribution >= 4 is 22.1 Å². The third-order valence-electron chi connectivity index (χ3n) is 3.85. The van der Waals surface area contributed by atoms with Gasteiger partial charge in [-0.15, -0.1) is 0 Å². The fourth-order valence-electron chi connectivity index (χ4n) is 2.57. The molecule has 8 nitrogen and oxygen atoms in total. The molecule has 0 saturated carbocycles. The number of rotatable bonds is 5. The van der Waals surface area contributed by atoms with E-state index in [0.29, 0.717) is 18.4 Å². The van der Waals surface area contributed by atoms with Crippen LogP contribution in [0.2, 0.25) is 0 Å². The van der Waals surface area contributed by atoms with Crippen LogP contribution in [-0.4, -0.2) is 42.8 Å². The summed E-state index contributed by atoms with van der Waals surface area (Å²) in [6.45, 7) is 0.306. The van der Waals surface area contributed by atoms with Crippen molar-refractivity contribution in [3.05, 3.63) is 35.9 Å². The van der Waals surface area contributed by atoms with Crippen molar-refractivity contribution < 1.29 is 23.1 Å². The van der Waals surface area contributed by atoms with E-state index in [9.17, 15) is 23.1 Å². The number of hydrogen-bond donors (Lipinski definition) is 3. The summed E-state index contributed by atoms with van der Waals surface area (Å²) in [5.74, 6) is -1.97. The van der Waals surface area contributed by atoms with Crippen molar-refractivity contribution in [2.24, 2.45) is 11.1 Å². The molecule has 1 saturated heterocycles. The molecule has 23 heavy (non-hydrogen) atoms. The molecule has 9 heteroatoms. The topological polar surface area (TPSA) is 130 Å². The zero-order valence-electron chi connectivity index (χ0n) is 12.4. The van der Waals surface area contributed by atoms with Gasteiger partial charge in [0.2, 0.25) is 5.91 Å². The van der Waals surface area contributed by atoms with E-state index in [4.69, 9.17) is 5.14 Å². The van der Waals surface area contributed by atoms with Crippen molar-refractivity contribution in [2.75, 3.05) is 13.1 Å². The first-order chi connectivity index (χ1) is 10.8. The Kier molecular flexibility index (Phi) is 5.34. The molecule has 126 valence electrons. The lowest BCUT2D eigenvalue weighted by Gasteiger charge is -2.29. The Balaban J connectivity index is 2.00. The molecular formula is C14H19N3O5S. The molecule has 1 aliphatic rings. The lowest BCUT2D eigenvalue weighted by Crippen LogP contribution is -2.46. The molecule has 1 fully saturated rings. The number of benzene rings is 1. The van der Waals surface area contributed by atoms with Gasteiger partial charge in [-0.1, -0.05) is 30.3 Å². The van der Waals surface area contributed by atoms with E-state index in [-0.39, 0.29) is 13.1 Å².